The minimum absolute atomic E-state index is 0.407. The molecule has 7 aromatic rings. The fourth-order valence-electron chi connectivity index (χ4n) is 5.68. The molecule has 0 amide bonds. The van der Waals surface area contributed by atoms with Crippen molar-refractivity contribution < 1.29 is 0 Å². The molecular weight excluding hydrogens is 550 g/mol. The molecule has 220 valence electrons. The smallest absolute Gasteiger partial charge is 0.164 e. The highest BCUT2D eigenvalue weighted by atomic mass is 15.1. The number of aromatic nitrogens is 5. The molecule has 0 aliphatic rings. The molecule has 2 aromatic heterocycles. The summed E-state index contributed by atoms with van der Waals surface area (Å²) < 4.78 is 2.26. The van der Waals surface area contributed by atoms with E-state index in [9.17, 15) is 0 Å². The van der Waals surface area contributed by atoms with Crippen LogP contribution in [0.2, 0.25) is 0 Å². The lowest BCUT2D eigenvalue weighted by molar-refractivity contribution is 0.834. The van der Waals surface area contributed by atoms with Crippen molar-refractivity contribution in [2.75, 3.05) is 0 Å². The Bertz CT molecular complexity index is 2030. The van der Waals surface area contributed by atoms with Gasteiger partial charge in [-0.2, -0.15) is 0 Å². The van der Waals surface area contributed by atoms with Crippen molar-refractivity contribution in [2.24, 2.45) is 0 Å². The van der Waals surface area contributed by atoms with Crippen LogP contribution in [-0.2, 0) is 0 Å². The molecule has 0 radical (unpaired) electrons. The number of benzene rings is 5. The number of para-hydroxylation sites is 2. The predicted octanol–water partition coefficient (Wildman–Crippen LogP) is 10.1. The molecule has 0 aliphatic carbocycles. The monoisotopic (exact) mass is 585 g/mol. The van der Waals surface area contributed by atoms with Gasteiger partial charge < -0.3 is 0 Å². The second kappa shape index (κ2) is 11.9. The normalized spacial score (nSPS) is 11.5. The molecule has 0 saturated heterocycles. The lowest BCUT2D eigenvalue weighted by Gasteiger charge is -2.16. The number of imidazole rings is 1. The Labute approximate surface area is 264 Å². The Morgan fingerprint density at radius 3 is 1.53 bits per heavy atom. The average molecular weight is 586 g/mol. The molecule has 5 aromatic carbocycles. The summed E-state index contributed by atoms with van der Waals surface area (Å²) in [7, 11) is 0. The molecular formula is C40H35N5. The molecule has 0 unspecified atom stereocenters. The van der Waals surface area contributed by atoms with E-state index in [-0.39, 0.29) is 0 Å². The van der Waals surface area contributed by atoms with Crippen molar-refractivity contribution in [3.05, 3.63) is 139 Å². The maximum absolute atomic E-state index is 5.19. The maximum atomic E-state index is 5.19. The summed E-state index contributed by atoms with van der Waals surface area (Å²) in [6, 6.07) is 43.8. The highest BCUT2D eigenvalue weighted by molar-refractivity contribution is 5.84. The van der Waals surface area contributed by atoms with Gasteiger partial charge in [0.25, 0.3) is 0 Å². The highest BCUT2D eigenvalue weighted by Gasteiger charge is 2.19. The fourth-order valence-corrected chi connectivity index (χ4v) is 5.68. The minimum Gasteiger partial charge on any atom is -0.292 e. The summed E-state index contributed by atoms with van der Waals surface area (Å²) in [6.45, 7) is 8.99. The Balaban J connectivity index is 1.42. The summed E-state index contributed by atoms with van der Waals surface area (Å²) in [5, 5.41) is 0. The van der Waals surface area contributed by atoms with E-state index in [2.05, 4.69) is 92.9 Å². The standard InChI is InChI=1S/C40H35N5/c1-26(2)31-22-32(27(3)4)24-33(23-31)40-41-35-20-11-12-21-36(35)45(40)34-19-13-18-30(25-34)39-43-37(28-14-7-5-8-15-28)42-38(44-39)29-16-9-6-10-17-29/h5-27H,1-4H3. The van der Waals surface area contributed by atoms with E-state index < -0.39 is 0 Å². The molecule has 0 saturated carbocycles. The summed E-state index contributed by atoms with van der Waals surface area (Å²) in [6.07, 6.45) is 0. The van der Waals surface area contributed by atoms with E-state index in [1.807, 2.05) is 66.7 Å². The Kier molecular flexibility index (Phi) is 7.52. The van der Waals surface area contributed by atoms with Crippen LogP contribution in [0.5, 0.6) is 0 Å². The van der Waals surface area contributed by atoms with Crippen LogP contribution < -0.4 is 0 Å². The van der Waals surface area contributed by atoms with Gasteiger partial charge in [-0.1, -0.05) is 119 Å². The van der Waals surface area contributed by atoms with Crippen molar-refractivity contribution >= 4 is 11.0 Å². The molecule has 0 atom stereocenters. The maximum Gasteiger partial charge on any atom is 0.164 e. The lowest BCUT2D eigenvalue weighted by Crippen LogP contribution is -2.02. The molecule has 0 fully saturated rings. The SMILES string of the molecule is CC(C)c1cc(-c2nc3ccccc3n2-c2cccc(-c3nc(-c4ccccc4)nc(-c4ccccc4)n3)c2)cc(C(C)C)c1. The summed E-state index contributed by atoms with van der Waals surface area (Å²) in [5.41, 5.74) is 9.56. The van der Waals surface area contributed by atoms with E-state index in [4.69, 9.17) is 19.9 Å². The third kappa shape index (κ3) is 5.65. The molecule has 0 aliphatic heterocycles. The van der Waals surface area contributed by atoms with Crippen LogP contribution in [0.15, 0.2) is 127 Å². The van der Waals surface area contributed by atoms with Crippen LogP contribution in [-0.4, -0.2) is 24.5 Å². The van der Waals surface area contributed by atoms with Crippen molar-refractivity contribution in [1.29, 1.82) is 0 Å². The third-order valence-electron chi connectivity index (χ3n) is 8.19. The largest absolute Gasteiger partial charge is 0.292 e. The van der Waals surface area contributed by atoms with Gasteiger partial charge in [-0.15, -0.1) is 0 Å². The zero-order chi connectivity index (χ0) is 30.9. The van der Waals surface area contributed by atoms with Gasteiger partial charge in [-0.05, 0) is 59.4 Å². The van der Waals surface area contributed by atoms with Gasteiger partial charge in [0.05, 0.1) is 11.0 Å². The first kappa shape index (κ1) is 28.4. The second-order valence-corrected chi connectivity index (χ2v) is 12.0. The van der Waals surface area contributed by atoms with Gasteiger partial charge in [0.2, 0.25) is 0 Å². The van der Waals surface area contributed by atoms with Crippen LogP contribution >= 0.6 is 0 Å². The topological polar surface area (TPSA) is 56.5 Å². The highest BCUT2D eigenvalue weighted by Crippen LogP contribution is 2.34. The Morgan fingerprint density at radius 1 is 0.444 bits per heavy atom. The summed E-state index contributed by atoms with van der Waals surface area (Å²) in [5.74, 6) is 3.65. The van der Waals surface area contributed by atoms with Gasteiger partial charge in [0.15, 0.2) is 17.5 Å². The molecule has 0 spiro atoms. The number of fused-ring (bicyclic) bond motifs is 1. The van der Waals surface area contributed by atoms with Gasteiger partial charge in [-0.3, -0.25) is 4.57 Å². The van der Waals surface area contributed by atoms with Crippen molar-refractivity contribution in [3.8, 4) is 51.2 Å². The Morgan fingerprint density at radius 2 is 0.956 bits per heavy atom. The van der Waals surface area contributed by atoms with Crippen LogP contribution in [0.1, 0.15) is 50.7 Å². The molecule has 7 rings (SSSR count). The second-order valence-electron chi connectivity index (χ2n) is 12.0. The van der Waals surface area contributed by atoms with E-state index >= 15 is 0 Å². The van der Waals surface area contributed by atoms with Gasteiger partial charge >= 0.3 is 0 Å². The van der Waals surface area contributed by atoms with E-state index in [0.717, 1.165) is 44.8 Å². The lowest BCUT2D eigenvalue weighted by atomic mass is 9.93. The number of hydrogen-bond donors (Lipinski definition) is 0. The minimum atomic E-state index is 0.407. The van der Waals surface area contributed by atoms with Crippen molar-refractivity contribution in [1.82, 2.24) is 24.5 Å². The average Bonchev–Trinajstić information content (AvgIpc) is 3.48. The first-order valence-electron chi connectivity index (χ1n) is 15.5. The van der Waals surface area contributed by atoms with Gasteiger partial charge in [0.1, 0.15) is 5.82 Å². The zero-order valence-corrected chi connectivity index (χ0v) is 26.0. The Hall–Kier alpha value is -5.42. The number of rotatable bonds is 7. The zero-order valence-electron chi connectivity index (χ0n) is 26.0. The fraction of sp³-hybridized carbons (Fsp3) is 0.150. The van der Waals surface area contributed by atoms with E-state index in [0.29, 0.717) is 29.3 Å². The molecule has 0 N–H and O–H groups in total. The van der Waals surface area contributed by atoms with Crippen molar-refractivity contribution in [2.45, 2.75) is 39.5 Å². The quantitative estimate of drug-likeness (QED) is 0.187. The number of nitrogens with zero attached hydrogens (tertiary/aromatic N) is 5. The van der Waals surface area contributed by atoms with E-state index in [1.165, 1.54) is 11.1 Å². The first-order valence-corrected chi connectivity index (χ1v) is 15.5. The molecule has 2 heterocycles. The molecule has 45 heavy (non-hydrogen) atoms. The van der Waals surface area contributed by atoms with Crippen molar-refractivity contribution in [3.63, 3.8) is 0 Å². The number of hydrogen-bond acceptors (Lipinski definition) is 4. The van der Waals surface area contributed by atoms with Crippen LogP contribution in [0.4, 0.5) is 0 Å². The molecule has 5 nitrogen and oxygen atoms in total. The predicted molar refractivity (Wildman–Crippen MR) is 184 cm³/mol. The van der Waals surface area contributed by atoms with Gasteiger partial charge in [-0.25, -0.2) is 19.9 Å². The first-order chi connectivity index (χ1) is 21.9. The summed E-state index contributed by atoms with van der Waals surface area (Å²) in [4.78, 5) is 20.0. The van der Waals surface area contributed by atoms with Crippen LogP contribution in [0, 0.1) is 0 Å². The van der Waals surface area contributed by atoms with Crippen LogP contribution in [0.3, 0.4) is 0 Å². The van der Waals surface area contributed by atoms with E-state index in [1.54, 1.807) is 0 Å². The van der Waals surface area contributed by atoms with Crippen LogP contribution in [0.25, 0.3) is 62.3 Å². The van der Waals surface area contributed by atoms with Gasteiger partial charge in [0, 0.05) is 27.9 Å². The molecule has 5 heteroatoms. The third-order valence-corrected chi connectivity index (χ3v) is 8.19. The molecule has 0 bridgehead atoms. The summed E-state index contributed by atoms with van der Waals surface area (Å²) >= 11 is 0.